The lowest BCUT2D eigenvalue weighted by Gasteiger charge is -2.40. The topological polar surface area (TPSA) is 149 Å². The number of nitrogens with one attached hydrogen (secondary N) is 1. The van der Waals surface area contributed by atoms with E-state index in [0.29, 0.717) is 12.8 Å². The Hall–Kier alpha value is -2.89. The Balaban J connectivity index is 2.42. The molecule has 9 nitrogen and oxygen atoms in total. The molecular formula is C52H87NO8. The first-order valence-corrected chi connectivity index (χ1v) is 24.0. The van der Waals surface area contributed by atoms with Gasteiger partial charge in [-0.1, -0.05) is 169 Å². The molecule has 0 aliphatic carbocycles. The number of allylic oxidation sites excluding steroid dienone is 15. The van der Waals surface area contributed by atoms with Crippen LogP contribution < -0.4 is 5.32 Å². The fourth-order valence-corrected chi connectivity index (χ4v) is 6.80. The van der Waals surface area contributed by atoms with E-state index in [1.54, 1.807) is 6.08 Å². The van der Waals surface area contributed by atoms with Crippen molar-refractivity contribution in [2.45, 2.75) is 211 Å². The van der Waals surface area contributed by atoms with Gasteiger partial charge in [0.2, 0.25) is 5.91 Å². The fourth-order valence-electron chi connectivity index (χ4n) is 6.80. The molecular weight excluding hydrogens is 767 g/mol. The van der Waals surface area contributed by atoms with Crippen molar-refractivity contribution in [2.75, 3.05) is 13.2 Å². The minimum atomic E-state index is -1.59. The molecule has 1 heterocycles. The SMILES string of the molecule is CC/C=C\C/C=C\C/C=C\C/C=C\C/C=C\CCCCCC(=O)NC(COC1OC(CO)C(O)C(O)C1O)C(O)/C=C/CC/C=C/CC/C=C/CCCCCCCCCCC. The van der Waals surface area contributed by atoms with Gasteiger partial charge in [-0.25, -0.2) is 0 Å². The zero-order chi connectivity index (χ0) is 44.4. The molecule has 0 bridgehead atoms. The monoisotopic (exact) mass is 854 g/mol. The smallest absolute Gasteiger partial charge is 0.220 e. The molecule has 61 heavy (non-hydrogen) atoms. The summed E-state index contributed by atoms with van der Waals surface area (Å²) in [7, 11) is 0. The number of hydrogen-bond acceptors (Lipinski definition) is 8. The van der Waals surface area contributed by atoms with E-state index in [9.17, 15) is 30.3 Å². The van der Waals surface area contributed by atoms with Crippen molar-refractivity contribution in [3.63, 3.8) is 0 Å². The highest BCUT2D eigenvalue weighted by Gasteiger charge is 2.44. The molecule has 0 spiro atoms. The largest absolute Gasteiger partial charge is 0.394 e. The maximum atomic E-state index is 13.0. The van der Waals surface area contributed by atoms with Crippen molar-refractivity contribution in [3.05, 3.63) is 97.2 Å². The first kappa shape index (κ1) is 56.1. The zero-order valence-corrected chi connectivity index (χ0v) is 38.1. The summed E-state index contributed by atoms with van der Waals surface area (Å²) in [6, 6.07) is -0.852. The van der Waals surface area contributed by atoms with Crippen LogP contribution in [0.25, 0.3) is 0 Å². The summed E-state index contributed by atoms with van der Waals surface area (Å²) in [4.78, 5) is 13.0. The van der Waals surface area contributed by atoms with E-state index < -0.39 is 49.5 Å². The highest BCUT2D eigenvalue weighted by atomic mass is 16.7. The molecule has 0 aromatic carbocycles. The summed E-state index contributed by atoms with van der Waals surface area (Å²) in [5.74, 6) is -0.227. The van der Waals surface area contributed by atoms with Crippen LogP contribution in [-0.2, 0) is 14.3 Å². The number of aliphatic hydroxyl groups is 5. The maximum absolute atomic E-state index is 13.0. The van der Waals surface area contributed by atoms with Gasteiger partial charge in [-0.2, -0.15) is 0 Å². The van der Waals surface area contributed by atoms with Crippen molar-refractivity contribution in [1.29, 1.82) is 0 Å². The number of unbranched alkanes of at least 4 members (excludes halogenated alkanes) is 14. The average molecular weight is 854 g/mol. The first-order chi connectivity index (χ1) is 29.8. The van der Waals surface area contributed by atoms with Crippen LogP contribution in [0.3, 0.4) is 0 Å². The Morgan fingerprint density at radius 3 is 1.57 bits per heavy atom. The van der Waals surface area contributed by atoms with Crippen LogP contribution in [0.1, 0.15) is 168 Å². The van der Waals surface area contributed by atoms with E-state index in [1.807, 2.05) is 6.08 Å². The predicted molar refractivity (Wildman–Crippen MR) is 253 cm³/mol. The summed E-state index contributed by atoms with van der Waals surface area (Å²) >= 11 is 0. The van der Waals surface area contributed by atoms with E-state index in [1.165, 1.54) is 57.8 Å². The highest BCUT2D eigenvalue weighted by Crippen LogP contribution is 2.22. The summed E-state index contributed by atoms with van der Waals surface area (Å²) < 4.78 is 11.2. The summed E-state index contributed by atoms with van der Waals surface area (Å²) in [5, 5.41) is 54.2. The van der Waals surface area contributed by atoms with Crippen LogP contribution in [0.4, 0.5) is 0 Å². The van der Waals surface area contributed by atoms with Crippen molar-refractivity contribution in [1.82, 2.24) is 5.32 Å². The van der Waals surface area contributed by atoms with E-state index in [0.717, 1.165) is 77.0 Å². The van der Waals surface area contributed by atoms with Crippen LogP contribution in [0, 0.1) is 0 Å². The molecule has 0 radical (unpaired) electrons. The number of carbonyl (C=O) groups excluding carboxylic acids is 1. The Bertz CT molecular complexity index is 1270. The molecule has 1 aliphatic rings. The van der Waals surface area contributed by atoms with Gasteiger partial charge < -0.3 is 40.3 Å². The number of rotatable bonds is 38. The lowest BCUT2D eigenvalue weighted by atomic mass is 9.99. The molecule has 1 aliphatic heterocycles. The van der Waals surface area contributed by atoms with Gasteiger partial charge in [-0.15, -0.1) is 0 Å². The van der Waals surface area contributed by atoms with Gasteiger partial charge >= 0.3 is 0 Å². The number of amides is 1. The number of aliphatic hydroxyl groups excluding tert-OH is 5. The van der Waals surface area contributed by atoms with Crippen LogP contribution in [0.2, 0.25) is 0 Å². The minimum absolute atomic E-state index is 0.226. The van der Waals surface area contributed by atoms with Gasteiger partial charge in [0.1, 0.15) is 24.4 Å². The van der Waals surface area contributed by atoms with Gasteiger partial charge in [0, 0.05) is 6.42 Å². The quantitative estimate of drug-likeness (QED) is 0.0266. The Kier molecular flexibility index (Phi) is 37.9. The molecule has 348 valence electrons. The Morgan fingerprint density at radius 1 is 0.574 bits per heavy atom. The Morgan fingerprint density at radius 2 is 1.03 bits per heavy atom. The number of carbonyl (C=O) groups is 1. The molecule has 1 amide bonds. The predicted octanol–water partition coefficient (Wildman–Crippen LogP) is 10.5. The average Bonchev–Trinajstić information content (AvgIpc) is 3.26. The second-order valence-electron chi connectivity index (χ2n) is 16.1. The lowest BCUT2D eigenvalue weighted by molar-refractivity contribution is -0.302. The third-order valence-corrected chi connectivity index (χ3v) is 10.6. The highest BCUT2D eigenvalue weighted by molar-refractivity contribution is 5.76. The standard InChI is InChI=1S/C52H87NO8/c1-3-5-7-9-11-13-15-17-19-21-23-25-27-29-31-33-35-37-39-41-46(55)45(44-60-52-51(59)50(58)49(57)47(43-54)61-52)53-48(56)42-40-38-36-34-32-30-28-26-24-22-20-18-16-14-12-10-8-6-4-2/h6,8,12,14,18,20,23-26,30-33,39,41,45-47,49-52,54-55,57-59H,3-5,7,9-11,13,15-17,19,21-22,27-29,34-38,40,42-44H2,1-2H3,(H,53,56)/b8-6-,14-12-,20-18-,25-23+,26-24-,32-30-,33-31+,41-39+. The van der Waals surface area contributed by atoms with E-state index >= 15 is 0 Å². The van der Waals surface area contributed by atoms with E-state index in [4.69, 9.17) is 9.47 Å². The normalized spacial score (nSPS) is 21.3. The zero-order valence-electron chi connectivity index (χ0n) is 38.1. The van der Waals surface area contributed by atoms with Gasteiger partial charge in [0.15, 0.2) is 6.29 Å². The summed E-state index contributed by atoms with van der Waals surface area (Å²) in [6.45, 7) is 3.60. The van der Waals surface area contributed by atoms with Crippen molar-refractivity contribution < 1.29 is 39.8 Å². The minimum Gasteiger partial charge on any atom is -0.394 e. The summed E-state index contributed by atoms with van der Waals surface area (Å²) in [5.41, 5.74) is 0. The van der Waals surface area contributed by atoms with Gasteiger partial charge in [0.05, 0.1) is 25.4 Å². The van der Waals surface area contributed by atoms with Crippen molar-refractivity contribution >= 4 is 5.91 Å². The van der Waals surface area contributed by atoms with E-state index in [-0.39, 0.29) is 18.9 Å². The van der Waals surface area contributed by atoms with Crippen LogP contribution in [-0.4, -0.2) is 87.5 Å². The molecule has 0 aromatic rings. The maximum Gasteiger partial charge on any atom is 0.220 e. The molecule has 9 heteroatoms. The van der Waals surface area contributed by atoms with Gasteiger partial charge in [0.25, 0.3) is 0 Å². The van der Waals surface area contributed by atoms with Gasteiger partial charge in [-0.3, -0.25) is 4.79 Å². The lowest BCUT2D eigenvalue weighted by Crippen LogP contribution is -2.60. The number of hydrogen-bond donors (Lipinski definition) is 6. The second kappa shape index (κ2) is 41.1. The molecule has 1 saturated heterocycles. The van der Waals surface area contributed by atoms with Crippen LogP contribution in [0.5, 0.6) is 0 Å². The second-order valence-corrected chi connectivity index (χ2v) is 16.1. The third kappa shape index (κ3) is 31.6. The first-order valence-electron chi connectivity index (χ1n) is 24.0. The molecule has 7 unspecified atom stereocenters. The van der Waals surface area contributed by atoms with Gasteiger partial charge in [-0.05, 0) is 89.9 Å². The molecule has 0 saturated carbocycles. The van der Waals surface area contributed by atoms with E-state index in [2.05, 4.69) is 104 Å². The summed E-state index contributed by atoms with van der Waals surface area (Å²) in [6.07, 6.45) is 51.6. The van der Waals surface area contributed by atoms with Crippen LogP contribution >= 0.6 is 0 Å². The number of ether oxygens (including phenoxy) is 2. The third-order valence-electron chi connectivity index (χ3n) is 10.6. The van der Waals surface area contributed by atoms with Crippen molar-refractivity contribution in [2.24, 2.45) is 0 Å². The molecule has 1 fully saturated rings. The molecule has 1 rings (SSSR count). The molecule has 6 N–H and O–H groups in total. The van der Waals surface area contributed by atoms with Crippen LogP contribution in [0.15, 0.2) is 97.2 Å². The Labute approximate surface area is 371 Å². The fraction of sp³-hybridized carbons (Fsp3) is 0.673. The molecule has 7 atom stereocenters. The molecule has 0 aromatic heterocycles. The van der Waals surface area contributed by atoms with Crippen molar-refractivity contribution in [3.8, 4) is 0 Å².